The van der Waals surface area contributed by atoms with Gasteiger partial charge in [0.2, 0.25) is 0 Å². The smallest absolute Gasteiger partial charge is 0.358 e. The predicted octanol–water partition coefficient (Wildman–Crippen LogP) is 2.52. The van der Waals surface area contributed by atoms with Gasteiger partial charge in [-0.05, 0) is 52.1 Å². The summed E-state index contributed by atoms with van der Waals surface area (Å²) in [5.41, 5.74) is 0.194. The molecule has 1 atom stereocenters. The van der Waals surface area contributed by atoms with Crippen molar-refractivity contribution in [1.29, 1.82) is 0 Å². The van der Waals surface area contributed by atoms with Crippen LogP contribution in [0.25, 0.3) is 0 Å². The van der Waals surface area contributed by atoms with E-state index in [1.54, 1.807) is 10.9 Å². The van der Waals surface area contributed by atoms with Crippen molar-refractivity contribution in [3.05, 3.63) is 11.9 Å². The molecule has 1 N–H and O–H groups in total. The normalized spacial score (nSPS) is 24.3. The number of aromatic carboxylic acids is 1. The molecule has 6 heteroatoms. The maximum Gasteiger partial charge on any atom is 0.358 e. The van der Waals surface area contributed by atoms with E-state index < -0.39 is 5.97 Å². The summed E-state index contributed by atoms with van der Waals surface area (Å²) in [6.07, 6.45) is 9.32. The van der Waals surface area contributed by atoms with Crippen LogP contribution in [-0.4, -0.2) is 45.5 Å². The van der Waals surface area contributed by atoms with Gasteiger partial charge in [0, 0.05) is 0 Å². The van der Waals surface area contributed by atoms with Crippen LogP contribution >= 0.6 is 0 Å². The molecule has 3 rings (SSSR count). The van der Waals surface area contributed by atoms with Crippen LogP contribution in [0, 0.1) is 0 Å². The maximum atomic E-state index is 11.6. The molecule has 1 aliphatic heterocycles. The fraction of sp³-hybridized carbons (Fsp3) is 0.733. The zero-order chi connectivity index (χ0) is 14.8. The SMILES string of the molecule is CN1CCCC1n1ncc(OC2CCCCC2)c1C(=O)O. The summed E-state index contributed by atoms with van der Waals surface area (Å²) in [6.45, 7) is 0.975. The van der Waals surface area contributed by atoms with Crippen LogP contribution in [0.5, 0.6) is 5.75 Å². The van der Waals surface area contributed by atoms with Gasteiger partial charge in [-0.1, -0.05) is 6.42 Å². The third-order valence-corrected chi connectivity index (χ3v) is 4.57. The van der Waals surface area contributed by atoms with Gasteiger partial charge in [-0.25, -0.2) is 9.48 Å². The molecule has 6 nitrogen and oxygen atoms in total. The number of carbonyl (C=O) groups is 1. The van der Waals surface area contributed by atoms with Gasteiger partial charge in [0.1, 0.15) is 6.17 Å². The Kier molecular flexibility index (Phi) is 4.14. The van der Waals surface area contributed by atoms with E-state index in [1.165, 1.54) is 6.42 Å². The van der Waals surface area contributed by atoms with Crippen LogP contribution < -0.4 is 4.74 Å². The number of ether oxygens (including phenoxy) is 1. The van der Waals surface area contributed by atoms with Gasteiger partial charge in [0.15, 0.2) is 11.4 Å². The molecule has 2 heterocycles. The topological polar surface area (TPSA) is 67.6 Å². The number of carboxylic acid groups (broad SMARTS) is 1. The highest BCUT2D eigenvalue weighted by Gasteiger charge is 2.30. The van der Waals surface area contributed by atoms with Crippen molar-refractivity contribution < 1.29 is 14.6 Å². The van der Waals surface area contributed by atoms with Gasteiger partial charge in [-0.3, -0.25) is 4.90 Å². The summed E-state index contributed by atoms with van der Waals surface area (Å²) in [4.78, 5) is 13.8. The Bertz CT molecular complexity index is 508. The van der Waals surface area contributed by atoms with E-state index in [4.69, 9.17) is 4.74 Å². The molecule has 0 radical (unpaired) electrons. The Balaban J connectivity index is 1.83. The van der Waals surface area contributed by atoms with Gasteiger partial charge in [-0.2, -0.15) is 5.10 Å². The number of likely N-dealkylation sites (tertiary alicyclic amines) is 1. The van der Waals surface area contributed by atoms with Gasteiger partial charge in [0.25, 0.3) is 0 Å². The first kappa shape index (κ1) is 14.4. The molecule has 1 saturated heterocycles. The van der Waals surface area contributed by atoms with Gasteiger partial charge < -0.3 is 9.84 Å². The van der Waals surface area contributed by atoms with E-state index in [2.05, 4.69) is 10.00 Å². The molecule has 1 unspecified atom stereocenters. The number of aromatic nitrogens is 2. The highest BCUT2D eigenvalue weighted by atomic mass is 16.5. The van der Waals surface area contributed by atoms with Crippen LogP contribution in [0.3, 0.4) is 0 Å². The van der Waals surface area contributed by atoms with Gasteiger partial charge in [-0.15, -0.1) is 0 Å². The lowest BCUT2D eigenvalue weighted by molar-refractivity contribution is 0.0658. The Morgan fingerprint density at radius 2 is 2.05 bits per heavy atom. The van der Waals surface area contributed by atoms with Crippen LogP contribution in [0.15, 0.2) is 6.20 Å². The predicted molar refractivity (Wildman–Crippen MR) is 77.6 cm³/mol. The van der Waals surface area contributed by atoms with Crippen molar-refractivity contribution >= 4 is 5.97 Å². The second-order valence-electron chi connectivity index (χ2n) is 6.09. The van der Waals surface area contributed by atoms with Gasteiger partial charge >= 0.3 is 5.97 Å². The third-order valence-electron chi connectivity index (χ3n) is 4.57. The molecule has 0 bridgehead atoms. The highest BCUT2D eigenvalue weighted by molar-refractivity contribution is 5.88. The molecule has 1 aromatic heterocycles. The molecule has 21 heavy (non-hydrogen) atoms. The summed E-state index contributed by atoms with van der Waals surface area (Å²) >= 11 is 0. The summed E-state index contributed by atoms with van der Waals surface area (Å²) in [5, 5.41) is 13.9. The van der Waals surface area contributed by atoms with Crippen molar-refractivity contribution in [1.82, 2.24) is 14.7 Å². The molecule has 2 aliphatic rings. The summed E-state index contributed by atoms with van der Waals surface area (Å²) in [5.74, 6) is -0.534. The standard InChI is InChI=1S/C15H23N3O3/c1-17-9-5-8-13(17)18-14(15(19)20)12(10-16-18)21-11-6-3-2-4-7-11/h10-11,13H,2-9H2,1H3,(H,19,20). The maximum absolute atomic E-state index is 11.6. The third kappa shape index (κ3) is 2.90. The minimum atomic E-state index is -0.960. The molecule has 1 aromatic rings. The summed E-state index contributed by atoms with van der Waals surface area (Å²) in [7, 11) is 2.01. The van der Waals surface area contributed by atoms with E-state index in [9.17, 15) is 9.90 Å². The van der Waals surface area contributed by atoms with Crippen LogP contribution in [-0.2, 0) is 0 Å². The average Bonchev–Trinajstić information content (AvgIpc) is 3.06. The molecule has 0 amide bonds. The minimum Gasteiger partial charge on any atom is -0.486 e. The first-order valence-corrected chi connectivity index (χ1v) is 7.84. The number of nitrogens with zero attached hydrogens (tertiary/aromatic N) is 3. The number of carboxylic acids is 1. The van der Waals surface area contributed by atoms with Crippen LogP contribution in [0.4, 0.5) is 0 Å². The quantitative estimate of drug-likeness (QED) is 0.924. The minimum absolute atomic E-state index is 0.0276. The number of hydrogen-bond donors (Lipinski definition) is 1. The zero-order valence-corrected chi connectivity index (χ0v) is 12.5. The second kappa shape index (κ2) is 6.05. The number of rotatable bonds is 4. The van der Waals surface area contributed by atoms with Crippen molar-refractivity contribution in [2.75, 3.05) is 13.6 Å². The van der Waals surface area contributed by atoms with Crippen molar-refractivity contribution in [3.63, 3.8) is 0 Å². The van der Waals surface area contributed by atoms with E-state index in [-0.39, 0.29) is 18.0 Å². The lowest BCUT2D eigenvalue weighted by Gasteiger charge is -2.23. The van der Waals surface area contributed by atoms with Crippen molar-refractivity contribution in [2.45, 2.75) is 57.2 Å². The lowest BCUT2D eigenvalue weighted by atomic mass is 9.98. The average molecular weight is 293 g/mol. The Hall–Kier alpha value is -1.56. The Morgan fingerprint density at radius 3 is 2.67 bits per heavy atom. The monoisotopic (exact) mass is 293 g/mol. The zero-order valence-electron chi connectivity index (χ0n) is 12.5. The Morgan fingerprint density at radius 1 is 1.29 bits per heavy atom. The van der Waals surface area contributed by atoms with Crippen molar-refractivity contribution in [2.24, 2.45) is 0 Å². The molecular weight excluding hydrogens is 270 g/mol. The second-order valence-corrected chi connectivity index (χ2v) is 6.09. The van der Waals surface area contributed by atoms with E-state index in [0.717, 1.165) is 45.1 Å². The first-order valence-electron chi connectivity index (χ1n) is 7.84. The summed E-state index contributed by atoms with van der Waals surface area (Å²) in [6, 6.07) is 0. The van der Waals surface area contributed by atoms with Gasteiger partial charge in [0.05, 0.1) is 12.3 Å². The van der Waals surface area contributed by atoms with E-state index in [0.29, 0.717) is 5.75 Å². The van der Waals surface area contributed by atoms with E-state index in [1.807, 2.05) is 7.05 Å². The van der Waals surface area contributed by atoms with Crippen molar-refractivity contribution in [3.8, 4) is 5.75 Å². The molecule has 1 aliphatic carbocycles. The fourth-order valence-corrected chi connectivity index (χ4v) is 3.43. The largest absolute Gasteiger partial charge is 0.486 e. The molecule has 2 fully saturated rings. The van der Waals surface area contributed by atoms with E-state index >= 15 is 0 Å². The Labute approximate surface area is 124 Å². The molecule has 116 valence electrons. The molecule has 0 spiro atoms. The number of hydrogen-bond acceptors (Lipinski definition) is 4. The molecule has 0 aromatic carbocycles. The fourth-order valence-electron chi connectivity index (χ4n) is 3.43. The summed E-state index contributed by atoms with van der Waals surface area (Å²) < 4.78 is 7.56. The molecule has 1 saturated carbocycles. The van der Waals surface area contributed by atoms with Crippen LogP contribution in [0.2, 0.25) is 0 Å². The first-order chi connectivity index (χ1) is 10.2. The lowest BCUT2D eigenvalue weighted by Crippen LogP contribution is -2.27. The molecular formula is C15H23N3O3. The highest BCUT2D eigenvalue weighted by Crippen LogP contribution is 2.31. The van der Waals surface area contributed by atoms with Crippen LogP contribution in [0.1, 0.15) is 61.6 Å².